The normalized spacial score (nSPS) is 13.4. The van der Waals surface area contributed by atoms with E-state index in [-0.39, 0.29) is 0 Å². The van der Waals surface area contributed by atoms with Crippen molar-refractivity contribution in [1.82, 2.24) is 0 Å². The highest BCUT2D eigenvalue weighted by Crippen LogP contribution is 2.46. The van der Waals surface area contributed by atoms with E-state index in [4.69, 9.17) is 0 Å². The molecule has 0 aliphatic rings. The maximum atomic E-state index is 4.09. The molecule has 0 amide bonds. The molecule has 2 rings (SSSR count). The number of benzene rings is 2. The minimum atomic E-state index is -0.543. The van der Waals surface area contributed by atoms with E-state index in [0.717, 1.165) is 22.3 Å². The second-order valence-electron chi connectivity index (χ2n) is 6.11. The van der Waals surface area contributed by atoms with Crippen LogP contribution >= 0.6 is 0 Å². The summed E-state index contributed by atoms with van der Waals surface area (Å²) >= 11 is 0. The van der Waals surface area contributed by atoms with Gasteiger partial charge in [0.25, 0.3) is 0 Å². The summed E-state index contributed by atoms with van der Waals surface area (Å²) in [5.41, 5.74) is 5.04. The Labute approximate surface area is 171 Å². The zero-order valence-corrected chi connectivity index (χ0v) is 17.5. The van der Waals surface area contributed by atoms with Gasteiger partial charge >= 0.3 is 0 Å². The molecule has 0 nitrogen and oxygen atoms in total. The molecule has 0 atom stereocenters. The monoisotopic (exact) mass is 368 g/mol. The second-order valence-corrected chi connectivity index (χ2v) is 6.11. The zero-order chi connectivity index (χ0) is 21.0. The van der Waals surface area contributed by atoms with Gasteiger partial charge in [0.2, 0.25) is 0 Å². The van der Waals surface area contributed by atoms with Crippen LogP contribution in [0.25, 0.3) is 0 Å². The maximum Gasteiger partial charge on any atom is 0.0701 e. The average Bonchev–Trinajstić information content (AvgIpc) is 2.75. The van der Waals surface area contributed by atoms with E-state index in [0.29, 0.717) is 0 Å². The van der Waals surface area contributed by atoms with Gasteiger partial charge in [-0.2, -0.15) is 0 Å². The molecule has 0 aromatic heterocycles. The van der Waals surface area contributed by atoms with Gasteiger partial charge in [0.15, 0.2) is 0 Å². The van der Waals surface area contributed by atoms with E-state index in [1.165, 1.54) is 5.56 Å². The van der Waals surface area contributed by atoms with Gasteiger partial charge in [-0.15, -0.1) is 0 Å². The van der Waals surface area contributed by atoms with Gasteiger partial charge in [-0.3, -0.25) is 0 Å². The highest BCUT2D eigenvalue weighted by atomic mass is 14.4. The summed E-state index contributed by atoms with van der Waals surface area (Å²) in [6.45, 7) is 22.1. The Morgan fingerprint density at radius 1 is 0.714 bits per heavy atom. The van der Waals surface area contributed by atoms with Gasteiger partial charge < -0.3 is 0 Å². The molecule has 2 aromatic carbocycles. The Hall–Kier alpha value is -3.12. The van der Waals surface area contributed by atoms with Crippen molar-refractivity contribution in [2.75, 3.05) is 0 Å². The number of hydrogen-bond donors (Lipinski definition) is 0. The Morgan fingerprint density at radius 3 is 1.64 bits per heavy atom. The van der Waals surface area contributed by atoms with Crippen molar-refractivity contribution in [3.8, 4) is 0 Å². The van der Waals surface area contributed by atoms with Crippen molar-refractivity contribution < 1.29 is 0 Å². The predicted molar refractivity (Wildman–Crippen MR) is 127 cm³/mol. The molecular weight excluding hydrogens is 336 g/mol. The van der Waals surface area contributed by atoms with Crippen molar-refractivity contribution in [2.45, 2.75) is 26.2 Å². The maximum absolute atomic E-state index is 4.09. The van der Waals surface area contributed by atoms with Gasteiger partial charge in [0, 0.05) is 0 Å². The number of aryl methyl sites for hydroxylation is 1. The van der Waals surface area contributed by atoms with E-state index in [1.807, 2.05) is 44.2 Å². The van der Waals surface area contributed by atoms with Crippen LogP contribution in [0.4, 0.5) is 0 Å². The van der Waals surface area contributed by atoms with Crippen molar-refractivity contribution >= 4 is 0 Å². The van der Waals surface area contributed by atoms with Crippen LogP contribution in [-0.2, 0) is 5.41 Å². The lowest BCUT2D eigenvalue weighted by atomic mass is 9.63. The second kappa shape index (κ2) is 11.6. The molecule has 0 unspecified atom stereocenters. The summed E-state index contributed by atoms with van der Waals surface area (Å²) in [7, 11) is 0. The van der Waals surface area contributed by atoms with E-state index in [1.54, 1.807) is 12.2 Å². The molecule has 0 N–H and O–H groups in total. The third-order valence-corrected chi connectivity index (χ3v) is 4.56. The number of rotatable bonds is 8. The van der Waals surface area contributed by atoms with Crippen LogP contribution in [0.5, 0.6) is 0 Å². The van der Waals surface area contributed by atoms with Crippen LogP contribution in [-0.4, -0.2) is 0 Å². The Morgan fingerprint density at radius 2 is 1.21 bits per heavy atom. The summed E-state index contributed by atoms with van der Waals surface area (Å²) in [4.78, 5) is 0. The number of hydrogen-bond acceptors (Lipinski definition) is 0. The van der Waals surface area contributed by atoms with Crippen molar-refractivity contribution in [1.29, 1.82) is 0 Å². The fourth-order valence-electron chi connectivity index (χ4n) is 3.51. The summed E-state index contributed by atoms with van der Waals surface area (Å²) in [6, 6.07) is 19.0. The molecule has 2 aromatic rings. The van der Waals surface area contributed by atoms with E-state index in [2.05, 4.69) is 81.8 Å². The summed E-state index contributed by atoms with van der Waals surface area (Å²) in [5.74, 6) is 0. The minimum Gasteiger partial charge on any atom is -0.0991 e. The lowest BCUT2D eigenvalue weighted by molar-refractivity contribution is 0.742. The van der Waals surface area contributed by atoms with Crippen LogP contribution < -0.4 is 0 Å². The quantitative estimate of drug-likeness (QED) is 0.415. The first-order chi connectivity index (χ1) is 13.6. The lowest BCUT2D eigenvalue weighted by Gasteiger charge is -2.38. The summed E-state index contributed by atoms with van der Waals surface area (Å²) in [6.07, 6.45) is 11.4. The molecule has 0 saturated heterocycles. The van der Waals surface area contributed by atoms with Crippen LogP contribution in [0.1, 0.15) is 30.5 Å². The summed E-state index contributed by atoms with van der Waals surface area (Å²) in [5, 5.41) is 0. The van der Waals surface area contributed by atoms with Crippen molar-refractivity contribution in [3.05, 3.63) is 145 Å². The van der Waals surface area contributed by atoms with Crippen LogP contribution in [0.3, 0.4) is 0 Å². The van der Waals surface area contributed by atoms with E-state index in [9.17, 15) is 0 Å². The van der Waals surface area contributed by atoms with Gasteiger partial charge in [-0.1, -0.05) is 137 Å². The highest BCUT2D eigenvalue weighted by molar-refractivity contribution is 5.63. The zero-order valence-electron chi connectivity index (χ0n) is 17.5. The fourth-order valence-corrected chi connectivity index (χ4v) is 3.51. The molecule has 0 aliphatic heterocycles. The molecule has 0 heterocycles. The first kappa shape index (κ1) is 22.9. The van der Waals surface area contributed by atoms with Gasteiger partial charge in [-0.25, -0.2) is 0 Å². The smallest absolute Gasteiger partial charge is 0.0701 e. The molecule has 0 radical (unpaired) electrons. The Balaban J connectivity index is 0.00000190. The molecule has 0 saturated carbocycles. The lowest BCUT2D eigenvalue weighted by Crippen LogP contribution is -2.32. The third kappa shape index (κ3) is 4.58. The average molecular weight is 369 g/mol. The molecule has 0 bridgehead atoms. The van der Waals surface area contributed by atoms with Crippen LogP contribution in [0.15, 0.2) is 129 Å². The molecule has 0 spiro atoms. The van der Waals surface area contributed by atoms with Crippen LogP contribution in [0.2, 0.25) is 0 Å². The standard InChI is InChI=1S/C26H26.C2H6/c1-6-14-22(8-3)26(23(9-4)15-7-2,24-17-11-10-12-18-24)25-19-13-16-21(5)20-25;1-2/h6-20H,1-4H2,5H3;1-2H3/b22-14+,23-15+;. The summed E-state index contributed by atoms with van der Waals surface area (Å²) < 4.78 is 0. The third-order valence-electron chi connectivity index (χ3n) is 4.56. The molecule has 28 heavy (non-hydrogen) atoms. The predicted octanol–water partition coefficient (Wildman–Crippen LogP) is 7.90. The molecule has 144 valence electrons. The van der Waals surface area contributed by atoms with Gasteiger partial charge in [0.1, 0.15) is 0 Å². The van der Waals surface area contributed by atoms with Gasteiger partial charge in [-0.05, 0) is 29.2 Å². The topological polar surface area (TPSA) is 0 Å². The van der Waals surface area contributed by atoms with E-state index < -0.39 is 5.41 Å². The molecular formula is C28H32. The minimum absolute atomic E-state index is 0.543. The fraction of sp³-hybridized carbons (Fsp3) is 0.143. The molecule has 0 heteroatoms. The Kier molecular flexibility index (Phi) is 9.47. The largest absolute Gasteiger partial charge is 0.0991 e. The first-order valence-corrected chi connectivity index (χ1v) is 9.69. The molecule has 0 aliphatic carbocycles. The van der Waals surface area contributed by atoms with Crippen molar-refractivity contribution in [2.24, 2.45) is 0 Å². The Bertz CT molecular complexity index is 830. The SMILES string of the molecule is C=C/C=C(\C=C)C(/C(C=C)=C/C=C)(c1ccccc1)c1cccc(C)c1.CC. The first-order valence-electron chi connectivity index (χ1n) is 9.69. The highest BCUT2D eigenvalue weighted by Gasteiger charge is 2.39. The van der Waals surface area contributed by atoms with Crippen molar-refractivity contribution in [3.63, 3.8) is 0 Å². The van der Waals surface area contributed by atoms with E-state index >= 15 is 0 Å². The number of allylic oxidation sites excluding steroid dienone is 8. The molecule has 0 fully saturated rings. The van der Waals surface area contributed by atoms with Crippen LogP contribution in [0, 0.1) is 6.92 Å². The van der Waals surface area contributed by atoms with Gasteiger partial charge in [0.05, 0.1) is 5.41 Å².